The number of esters is 1. The minimum absolute atomic E-state index is 0.0622. The zero-order valence-electron chi connectivity index (χ0n) is 26.1. The van der Waals surface area contributed by atoms with Gasteiger partial charge in [0.1, 0.15) is 17.3 Å². The Hall–Kier alpha value is -4.35. The Labute approximate surface area is 283 Å². The van der Waals surface area contributed by atoms with Crippen LogP contribution in [0.15, 0.2) is 105 Å². The van der Waals surface area contributed by atoms with E-state index in [2.05, 4.69) is 0 Å². The molecule has 0 fully saturated rings. The van der Waals surface area contributed by atoms with E-state index in [-0.39, 0.29) is 34.9 Å². The number of anilines is 1. The zero-order valence-corrected chi connectivity index (χ0v) is 28.4. The minimum atomic E-state index is -4.01. The lowest BCUT2D eigenvalue weighted by atomic mass is 10.1. The van der Waals surface area contributed by atoms with Crippen molar-refractivity contribution in [3.05, 3.63) is 128 Å². The van der Waals surface area contributed by atoms with Crippen molar-refractivity contribution >= 4 is 56.9 Å². The van der Waals surface area contributed by atoms with Crippen molar-refractivity contribution in [2.75, 3.05) is 18.6 Å². The van der Waals surface area contributed by atoms with Gasteiger partial charge in [0.15, 0.2) is 0 Å². The number of aryl methyl sites for hydroxylation is 1. The molecular formula is C35H32Cl2N2O7S. The Morgan fingerprint density at radius 3 is 2.30 bits per heavy atom. The molecule has 0 radical (unpaired) electrons. The summed E-state index contributed by atoms with van der Waals surface area (Å²) in [6.07, 6.45) is 1.45. The van der Waals surface area contributed by atoms with Crippen LogP contribution in [0.5, 0.6) is 5.75 Å². The fourth-order valence-corrected chi connectivity index (χ4v) is 7.00. The number of carbonyl (C=O) groups is 2. The monoisotopic (exact) mass is 694 g/mol. The molecule has 12 heteroatoms. The highest BCUT2D eigenvalue weighted by atomic mass is 35.5. The number of amides is 1. The first-order valence-corrected chi connectivity index (χ1v) is 16.8. The molecule has 5 rings (SSSR count). The number of hydrogen-bond acceptors (Lipinski definition) is 7. The SMILES string of the molecule is CCOc1ccc(N2C(=O)/C(=C/c3ccc(CN(Cc4ccc(Cl)cc4Cl)S(=O)(=O)c4ccc(C)cc4)o3)C(C(=O)OC)=C2C)cc1. The molecule has 2 heterocycles. The van der Waals surface area contributed by atoms with Crippen molar-refractivity contribution in [3.63, 3.8) is 0 Å². The van der Waals surface area contributed by atoms with E-state index in [4.69, 9.17) is 37.1 Å². The number of rotatable bonds is 11. The maximum Gasteiger partial charge on any atom is 0.340 e. The van der Waals surface area contributed by atoms with Gasteiger partial charge in [-0.25, -0.2) is 13.2 Å². The normalized spacial score (nSPS) is 14.4. The molecule has 0 saturated carbocycles. The van der Waals surface area contributed by atoms with E-state index in [9.17, 15) is 18.0 Å². The molecule has 4 aromatic rings. The van der Waals surface area contributed by atoms with Crippen LogP contribution in [0, 0.1) is 6.92 Å². The average molecular weight is 696 g/mol. The molecule has 3 aromatic carbocycles. The van der Waals surface area contributed by atoms with Gasteiger partial charge in [0.05, 0.1) is 36.3 Å². The molecule has 1 aliphatic rings. The fraction of sp³-hybridized carbons (Fsp3) is 0.200. The van der Waals surface area contributed by atoms with Gasteiger partial charge in [-0.1, -0.05) is 47.0 Å². The summed E-state index contributed by atoms with van der Waals surface area (Å²) in [5, 5.41) is 0.745. The Bertz CT molecular complexity index is 1980. The molecule has 0 N–H and O–H groups in total. The molecule has 0 atom stereocenters. The third kappa shape index (κ3) is 7.31. The van der Waals surface area contributed by atoms with Gasteiger partial charge in [-0.05, 0) is 93.1 Å². The minimum Gasteiger partial charge on any atom is -0.494 e. The number of carbonyl (C=O) groups excluding carboxylic acids is 2. The first kappa shape index (κ1) is 34.0. The second-order valence-electron chi connectivity index (χ2n) is 10.7. The molecule has 0 aliphatic carbocycles. The summed E-state index contributed by atoms with van der Waals surface area (Å²) in [4.78, 5) is 28.2. The predicted molar refractivity (Wildman–Crippen MR) is 181 cm³/mol. The molecule has 0 bridgehead atoms. The van der Waals surface area contributed by atoms with Crippen LogP contribution in [0.25, 0.3) is 6.08 Å². The molecule has 1 aliphatic heterocycles. The number of hydrogen-bond donors (Lipinski definition) is 0. The Balaban J connectivity index is 1.48. The molecule has 0 saturated heterocycles. The third-order valence-electron chi connectivity index (χ3n) is 7.52. The van der Waals surface area contributed by atoms with Gasteiger partial charge in [-0.15, -0.1) is 0 Å². The number of nitrogens with zero attached hydrogens (tertiary/aromatic N) is 2. The van der Waals surface area contributed by atoms with Gasteiger partial charge >= 0.3 is 5.97 Å². The summed E-state index contributed by atoms with van der Waals surface area (Å²) in [6.45, 7) is 5.69. The highest BCUT2D eigenvalue weighted by Crippen LogP contribution is 2.36. The summed E-state index contributed by atoms with van der Waals surface area (Å²) in [7, 11) is -2.77. The largest absolute Gasteiger partial charge is 0.494 e. The van der Waals surface area contributed by atoms with E-state index >= 15 is 0 Å². The van der Waals surface area contributed by atoms with Crippen molar-refractivity contribution in [1.29, 1.82) is 0 Å². The maximum atomic E-state index is 13.9. The number of allylic oxidation sites excluding steroid dienone is 1. The summed E-state index contributed by atoms with van der Waals surface area (Å²) < 4.78 is 45.5. The number of ether oxygens (including phenoxy) is 2. The lowest BCUT2D eigenvalue weighted by Gasteiger charge is -2.22. The summed E-state index contributed by atoms with van der Waals surface area (Å²) >= 11 is 12.5. The van der Waals surface area contributed by atoms with Gasteiger partial charge < -0.3 is 13.9 Å². The standard InChI is InChI=1S/C35H32Cl2N2O7S/c1-5-45-27-12-10-26(11-13-27)39-23(3)33(35(41)44-4)31(34(39)40)19-28-14-15-29(46-28)21-38(20-24-8-9-25(36)18-32(24)37)47(42,43)30-16-6-22(2)7-17-30/h6-19H,5,20-21H2,1-4H3/b31-19+. The van der Waals surface area contributed by atoms with Crippen LogP contribution in [0.4, 0.5) is 5.69 Å². The van der Waals surface area contributed by atoms with Gasteiger partial charge in [0, 0.05) is 28.0 Å². The van der Waals surface area contributed by atoms with E-state index in [0.29, 0.717) is 45.1 Å². The van der Waals surface area contributed by atoms with Crippen LogP contribution < -0.4 is 9.64 Å². The number of halogens is 2. The van der Waals surface area contributed by atoms with E-state index in [0.717, 1.165) is 5.56 Å². The second-order valence-corrected chi connectivity index (χ2v) is 13.5. The van der Waals surface area contributed by atoms with E-state index in [1.807, 2.05) is 13.8 Å². The quantitative estimate of drug-likeness (QED) is 0.118. The highest BCUT2D eigenvalue weighted by molar-refractivity contribution is 7.89. The number of methoxy groups -OCH3 is 1. The molecule has 47 heavy (non-hydrogen) atoms. The fourth-order valence-electron chi connectivity index (χ4n) is 5.15. The average Bonchev–Trinajstić information content (AvgIpc) is 3.59. The second kappa shape index (κ2) is 14.2. The number of sulfonamides is 1. The van der Waals surface area contributed by atoms with Crippen LogP contribution in [-0.4, -0.2) is 38.3 Å². The zero-order chi connectivity index (χ0) is 33.9. The highest BCUT2D eigenvalue weighted by Gasteiger charge is 2.38. The van der Waals surface area contributed by atoms with E-state index in [1.54, 1.807) is 85.8 Å². The summed E-state index contributed by atoms with van der Waals surface area (Å²) in [6, 6.07) is 21.6. The lowest BCUT2D eigenvalue weighted by molar-refractivity contribution is -0.136. The van der Waals surface area contributed by atoms with Crippen LogP contribution in [0.3, 0.4) is 0 Å². The Morgan fingerprint density at radius 1 is 0.957 bits per heavy atom. The number of benzene rings is 3. The Kier molecular flexibility index (Phi) is 10.3. The van der Waals surface area contributed by atoms with Crippen LogP contribution >= 0.6 is 23.2 Å². The molecule has 9 nitrogen and oxygen atoms in total. The first-order valence-electron chi connectivity index (χ1n) is 14.6. The number of furan rings is 1. The molecule has 1 amide bonds. The predicted octanol–water partition coefficient (Wildman–Crippen LogP) is 7.56. The topological polar surface area (TPSA) is 106 Å². The third-order valence-corrected chi connectivity index (χ3v) is 9.91. The van der Waals surface area contributed by atoms with Gasteiger partial charge in [0.2, 0.25) is 10.0 Å². The van der Waals surface area contributed by atoms with Crippen LogP contribution in [0.2, 0.25) is 10.0 Å². The lowest BCUT2D eigenvalue weighted by Crippen LogP contribution is -2.30. The summed E-state index contributed by atoms with van der Waals surface area (Å²) in [5.74, 6) is 0.0481. The van der Waals surface area contributed by atoms with Crippen molar-refractivity contribution in [1.82, 2.24) is 4.31 Å². The van der Waals surface area contributed by atoms with Crippen molar-refractivity contribution in [2.24, 2.45) is 0 Å². The van der Waals surface area contributed by atoms with Crippen molar-refractivity contribution < 1.29 is 31.9 Å². The molecule has 1 aromatic heterocycles. The Morgan fingerprint density at radius 2 is 1.66 bits per heavy atom. The van der Waals surface area contributed by atoms with Crippen molar-refractivity contribution in [3.8, 4) is 5.75 Å². The van der Waals surface area contributed by atoms with Crippen molar-refractivity contribution in [2.45, 2.75) is 38.8 Å². The molecular weight excluding hydrogens is 663 g/mol. The van der Waals surface area contributed by atoms with E-state index < -0.39 is 21.9 Å². The summed E-state index contributed by atoms with van der Waals surface area (Å²) in [5.41, 5.74) is 2.55. The van der Waals surface area contributed by atoms with Crippen LogP contribution in [-0.2, 0) is 37.4 Å². The molecule has 0 spiro atoms. The van der Waals surface area contributed by atoms with Gasteiger partial charge in [0.25, 0.3) is 5.91 Å². The smallest absolute Gasteiger partial charge is 0.340 e. The van der Waals surface area contributed by atoms with Gasteiger partial charge in [-0.3, -0.25) is 9.69 Å². The molecule has 244 valence electrons. The van der Waals surface area contributed by atoms with Crippen LogP contribution in [0.1, 0.15) is 36.5 Å². The maximum absolute atomic E-state index is 13.9. The van der Waals surface area contributed by atoms with Gasteiger partial charge in [-0.2, -0.15) is 4.31 Å². The van der Waals surface area contributed by atoms with E-state index in [1.165, 1.54) is 22.4 Å². The molecule has 0 unspecified atom stereocenters. The first-order chi connectivity index (χ1) is 22.4.